The fraction of sp³-hybridized carbons (Fsp3) is 0.263. The molecule has 0 heterocycles. The van der Waals surface area contributed by atoms with Crippen molar-refractivity contribution in [3.63, 3.8) is 0 Å². The molecule has 0 aliphatic carbocycles. The number of nitrogens with zero attached hydrogens (tertiary/aromatic N) is 1. The van der Waals surface area contributed by atoms with Crippen LogP contribution in [0.2, 0.25) is 10.0 Å². The van der Waals surface area contributed by atoms with Gasteiger partial charge in [0.25, 0.3) is 0 Å². The molecule has 2 rings (SSSR count). The van der Waals surface area contributed by atoms with Crippen LogP contribution in [0, 0.1) is 0 Å². The van der Waals surface area contributed by atoms with Crippen LogP contribution in [0.15, 0.2) is 48.5 Å². The van der Waals surface area contributed by atoms with Crippen LogP contribution in [0.3, 0.4) is 0 Å². The Kier molecular flexibility index (Phi) is 7.29. The number of hydrogen-bond acceptors (Lipinski definition) is 2. The maximum Gasteiger partial charge on any atom is 0.223 e. The van der Waals surface area contributed by atoms with Crippen molar-refractivity contribution in [2.24, 2.45) is 0 Å². The molecule has 0 aromatic heterocycles. The van der Waals surface area contributed by atoms with E-state index in [1.54, 1.807) is 18.2 Å². The smallest absolute Gasteiger partial charge is 0.223 e. The average molecular weight is 379 g/mol. The van der Waals surface area contributed by atoms with Crippen molar-refractivity contribution < 1.29 is 9.59 Å². The van der Waals surface area contributed by atoms with Gasteiger partial charge in [0.05, 0.1) is 15.7 Å². The molecule has 132 valence electrons. The summed E-state index contributed by atoms with van der Waals surface area (Å²) < 4.78 is 0. The Hall–Kier alpha value is -2.04. The molecule has 6 heteroatoms. The van der Waals surface area contributed by atoms with Gasteiger partial charge >= 0.3 is 0 Å². The van der Waals surface area contributed by atoms with Gasteiger partial charge in [-0.05, 0) is 24.1 Å². The van der Waals surface area contributed by atoms with E-state index in [1.165, 1.54) is 17.4 Å². The van der Waals surface area contributed by atoms with Crippen molar-refractivity contribution in [2.75, 3.05) is 18.0 Å². The van der Waals surface area contributed by atoms with Crippen LogP contribution in [0.25, 0.3) is 0 Å². The molecule has 2 amide bonds. The fourth-order valence-corrected chi connectivity index (χ4v) is 2.84. The van der Waals surface area contributed by atoms with Crippen LogP contribution < -0.4 is 10.2 Å². The summed E-state index contributed by atoms with van der Waals surface area (Å²) in [7, 11) is 0. The second-order valence-corrected chi connectivity index (χ2v) is 6.36. The van der Waals surface area contributed by atoms with Crippen molar-refractivity contribution >= 4 is 40.7 Å². The number of amides is 2. The van der Waals surface area contributed by atoms with Gasteiger partial charge in [0.1, 0.15) is 0 Å². The van der Waals surface area contributed by atoms with Gasteiger partial charge in [0.2, 0.25) is 11.8 Å². The van der Waals surface area contributed by atoms with E-state index in [9.17, 15) is 9.59 Å². The Morgan fingerprint density at radius 2 is 1.76 bits per heavy atom. The van der Waals surface area contributed by atoms with Gasteiger partial charge in [-0.2, -0.15) is 0 Å². The molecule has 25 heavy (non-hydrogen) atoms. The normalized spacial score (nSPS) is 10.4. The molecule has 0 saturated heterocycles. The predicted octanol–water partition coefficient (Wildman–Crippen LogP) is 4.10. The highest BCUT2D eigenvalue weighted by molar-refractivity contribution is 6.44. The Morgan fingerprint density at radius 1 is 1.04 bits per heavy atom. The molecule has 0 spiro atoms. The van der Waals surface area contributed by atoms with Crippen LogP contribution in [0.5, 0.6) is 0 Å². The first-order valence-corrected chi connectivity index (χ1v) is 8.77. The van der Waals surface area contributed by atoms with E-state index in [4.69, 9.17) is 23.2 Å². The third kappa shape index (κ3) is 5.76. The maximum absolute atomic E-state index is 12.0. The molecule has 2 aromatic carbocycles. The van der Waals surface area contributed by atoms with Crippen molar-refractivity contribution in [3.8, 4) is 0 Å². The van der Waals surface area contributed by atoms with E-state index in [2.05, 4.69) is 5.32 Å². The minimum absolute atomic E-state index is 0.111. The van der Waals surface area contributed by atoms with Gasteiger partial charge in [0.15, 0.2) is 0 Å². The highest BCUT2D eigenvalue weighted by atomic mass is 35.5. The Labute approximate surface area is 157 Å². The van der Waals surface area contributed by atoms with E-state index in [-0.39, 0.29) is 24.8 Å². The highest BCUT2D eigenvalue weighted by Crippen LogP contribution is 2.32. The van der Waals surface area contributed by atoms with Gasteiger partial charge in [-0.3, -0.25) is 9.59 Å². The number of benzene rings is 2. The Balaban J connectivity index is 1.87. The summed E-state index contributed by atoms with van der Waals surface area (Å²) in [4.78, 5) is 25.4. The highest BCUT2D eigenvalue weighted by Gasteiger charge is 2.17. The minimum Gasteiger partial charge on any atom is -0.356 e. The minimum atomic E-state index is -0.193. The second-order valence-electron chi connectivity index (χ2n) is 5.58. The molecule has 0 aliphatic heterocycles. The Bertz CT molecular complexity index is 735. The maximum atomic E-state index is 12.0. The van der Waals surface area contributed by atoms with Gasteiger partial charge in [-0.15, -0.1) is 0 Å². The third-order valence-electron chi connectivity index (χ3n) is 3.74. The van der Waals surface area contributed by atoms with Crippen LogP contribution in [-0.4, -0.2) is 24.9 Å². The van der Waals surface area contributed by atoms with Gasteiger partial charge in [-0.1, -0.05) is 59.6 Å². The predicted molar refractivity (Wildman–Crippen MR) is 102 cm³/mol. The summed E-state index contributed by atoms with van der Waals surface area (Å²) in [6.07, 6.45) is 0.959. The van der Waals surface area contributed by atoms with E-state index >= 15 is 0 Å². The largest absolute Gasteiger partial charge is 0.356 e. The van der Waals surface area contributed by atoms with E-state index in [0.717, 1.165) is 6.42 Å². The lowest BCUT2D eigenvalue weighted by Crippen LogP contribution is -2.34. The SMILES string of the molecule is CC(=O)N(CCC(=O)NCCc1ccccc1)c1cccc(Cl)c1Cl. The summed E-state index contributed by atoms with van der Waals surface area (Å²) >= 11 is 12.2. The molecule has 0 unspecified atom stereocenters. The first kappa shape index (κ1) is 19.3. The van der Waals surface area contributed by atoms with Gasteiger partial charge in [0, 0.05) is 26.4 Å². The zero-order valence-corrected chi connectivity index (χ0v) is 15.5. The van der Waals surface area contributed by atoms with Crippen molar-refractivity contribution in [1.29, 1.82) is 0 Å². The molecule has 0 radical (unpaired) electrons. The molecule has 0 fully saturated rings. The molecule has 0 aliphatic rings. The van der Waals surface area contributed by atoms with E-state index < -0.39 is 0 Å². The second kappa shape index (κ2) is 9.44. The van der Waals surface area contributed by atoms with Crippen LogP contribution in [0.4, 0.5) is 5.69 Å². The van der Waals surface area contributed by atoms with Crippen LogP contribution in [-0.2, 0) is 16.0 Å². The molecule has 0 bridgehead atoms. The van der Waals surface area contributed by atoms with Gasteiger partial charge in [-0.25, -0.2) is 0 Å². The zero-order chi connectivity index (χ0) is 18.2. The van der Waals surface area contributed by atoms with Crippen LogP contribution in [0.1, 0.15) is 18.9 Å². The number of anilines is 1. The van der Waals surface area contributed by atoms with E-state index in [0.29, 0.717) is 22.3 Å². The van der Waals surface area contributed by atoms with Crippen molar-refractivity contribution in [1.82, 2.24) is 5.32 Å². The number of rotatable bonds is 7. The molecule has 4 nitrogen and oxygen atoms in total. The first-order valence-electron chi connectivity index (χ1n) is 8.02. The van der Waals surface area contributed by atoms with Crippen molar-refractivity contribution in [2.45, 2.75) is 19.8 Å². The number of halogens is 2. The molecule has 1 N–H and O–H groups in total. The molecule has 0 atom stereocenters. The lowest BCUT2D eigenvalue weighted by atomic mass is 10.1. The first-order chi connectivity index (χ1) is 12.0. The molecule has 0 saturated carbocycles. The van der Waals surface area contributed by atoms with Gasteiger partial charge < -0.3 is 10.2 Å². The number of nitrogens with one attached hydrogen (secondary N) is 1. The molecular formula is C19H20Cl2N2O2. The summed E-state index contributed by atoms with van der Waals surface area (Å²) in [6, 6.07) is 15.0. The lowest BCUT2D eigenvalue weighted by molar-refractivity contribution is -0.121. The fourth-order valence-electron chi connectivity index (χ4n) is 2.44. The lowest BCUT2D eigenvalue weighted by Gasteiger charge is -2.22. The monoisotopic (exact) mass is 378 g/mol. The zero-order valence-electron chi connectivity index (χ0n) is 14.0. The molecule has 2 aromatic rings. The summed E-state index contributed by atoms with van der Waals surface area (Å²) in [5, 5.41) is 3.55. The third-order valence-corrected chi connectivity index (χ3v) is 4.55. The number of carbonyl (C=O) groups excluding carboxylic acids is 2. The topological polar surface area (TPSA) is 49.4 Å². The summed E-state index contributed by atoms with van der Waals surface area (Å²) in [5.41, 5.74) is 1.68. The number of hydrogen-bond donors (Lipinski definition) is 1. The Morgan fingerprint density at radius 3 is 2.44 bits per heavy atom. The van der Waals surface area contributed by atoms with Crippen LogP contribution >= 0.6 is 23.2 Å². The standard InChI is InChI=1S/C19H20Cl2N2O2/c1-14(24)23(17-9-5-8-16(20)19(17)21)13-11-18(25)22-12-10-15-6-3-2-4-7-15/h2-9H,10-13H2,1H3,(H,22,25). The summed E-state index contributed by atoms with van der Waals surface area (Å²) in [5.74, 6) is -0.304. The molecular weight excluding hydrogens is 359 g/mol. The quantitative estimate of drug-likeness (QED) is 0.788. The average Bonchev–Trinajstić information content (AvgIpc) is 2.59. The van der Waals surface area contributed by atoms with Crippen molar-refractivity contribution in [3.05, 3.63) is 64.1 Å². The van der Waals surface area contributed by atoms with E-state index in [1.807, 2.05) is 30.3 Å². The summed E-state index contributed by atoms with van der Waals surface area (Å²) in [6.45, 7) is 2.23. The number of carbonyl (C=O) groups is 2.